The van der Waals surface area contributed by atoms with Gasteiger partial charge in [0.2, 0.25) is 0 Å². The summed E-state index contributed by atoms with van der Waals surface area (Å²) in [6.45, 7) is 7.33. The maximum Gasteiger partial charge on any atom is 0.313 e. The fourth-order valence-electron chi connectivity index (χ4n) is 3.94. The van der Waals surface area contributed by atoms with Gasteiger partial charge in [0.05, 0.1) is 19.8 Å². The number of amides is 2. The molecule has 1 saturated heterocycles. The third kappa shape index (κ3) is 5.83. The van der Waals surface area contributed by atoms with Gasteiger partial charge >= 0.3 is 11.8 Å². The first-order valence-corrected chi connectivity index (χ1v) is 10.7. The zero-order valence-electron chi connectivity index (χ0n) is 18.8. The van der Waals surface area contributed by atoms with Crippen molar-refractivity contribution in [1.82, 2.24) is 5.32 Å². The normalized spacial score (nSPS) is 15.2. The SMILES string of the molecule is Cc1cccc(C)c1NC(=O)C(=O)NC[C@H](c1ccc(N(C)C)cc1)[NH+]1CCOCC1. The molecule has 0 aromatic heterocycles. The highest BCUT2D eigenvalue weighted by molar-refractivity contribution is 6.39. The summed E-state index contributed by atoms with van der Waals surface area (Å²) in [5, 5.41) is 5.61. The lowest BCUT2D eigenvalue weighted by atomic mass is 10.0. The van der Waals surface area contributed by atoms with Crippen LogP contribution in [0.15, 0.2) is 42.5 Å². The Morgan fingerprint density at radius 2 is 1.61 bits per heavy atom. The highest BCUT2D eigenvalue weighted by atomic mass is 16.5. The Kier molecular flexibility index (Phi) is 7.65. The van der Waals surface area contributed by atoms with Gasteiger partial charge in [-0.1, -0.05) is 30.3 Å². The van der Waals surface area contributed by atoms with E-state index in [9.17, 15) is 9.59 Å². The summed E-state index contributed by atoms with van der Waals surface area (Å²) >= 11 is 0. The molecular formula is C24H33N4O3+. The van der Waals surface area contributed by atoms with Crippen LogP contribution in [-0.2, 0) is 14.3 Å². The molecule has 0 bridgehead atoms. The maximum atomic E-state index is 12.6. The summed E-state index contributed by atoms with van der Waals surface area (Å²) in [5.74, 6) is -1.26. The maximum absolute atomic E-state index is 12.6. The molecule has 2 aromatic rings. The molecule has 1 aliphatic rings. The third-order valence-electron chi connectivity index (χ3n) is 5.83. The van der Waals surface area contributed by atoms with Crippen LogP contribution in [-0.4, -0.2) is 58.8 Å². The number of nitrogens with zero attached hydrogens (tertiary/aromatic N) is 1. The monoisotopic (exact) mass is 425 g/mol. The van der Waals surface area contributed by atoms with Gasteiger partial charge in [0.25, 0.3) is 0 Å². The second kappa shape index (κ2) is 10.4. The van der Waals surface area contributed by atoms with Crippen molar-refractivity contribution in [3.8, 4) is 0 Å². The fraction of sp³-hybridized carbons (Fsp3) is 0.417. The van der Waals surface area contributed by atoms with E-state index in [0.29, 0.717) is 25.4 Å². The number of quaternary nitrogens is 1. The number of nitrogens with one attached hydrogen (secondary N) is 3. The number of morpholine rings is 1. The minimum absolute atomic E-state index is 0.0528. The van der Waals surface area contributed by atoms with Crippen LogP contribution in [0.5, 0.6) is 0 Å². The van der Waals surface area contributed by atoms with E-state index in [0.717, 1.165) is 35.5 Å². The van der Waals surface area contributed by atoms with E-state index in [1.807, 2.05) is 46.1 Å². The van der Waals surface area contributed by atoms with Gasteiger partial charge in [-0.15, -0.1) is 0 Å². The number of para-hydroxylation sites is 1. The molecule has 0 spiro atoms. The smallest absolute Gasteiger partial charge is 0.313 e. The minimum Gasteiger partial charge on any atom is -0.378 e. The molecule has 2 aromatic carbocycles. The highest BCUT2D eigenvalue weighted by Crippen LogP contribution is 2.19. The van der Waals surface area contributed by atoms with Crippen molar-refractivity contribution in [2.75, 3.05) is 57.2 Å². The molecule has 3 rings (SSSR count). The zero-order valence-corrected chi connectivity index (χ0v) is 18.8. The first-order valence-electron chi connectivity index (χ1n) is 10.7. The number of benzene rings is 2. The average Bonchev–Trinajstić information content (AvgIpc) is 2.77. The molecule has 1 atom stereocenters. The summed E-state index contributed by atoms with van der Waals surface area (Å²) in [5.41, 5.74) is 4.81. The lowest BCUT2D eigenvalue weighted by molar-refractivity contribution is -0.937. The molecule has 0 aliphatic carbocycles. The number of carbonyl (C=O) groups excluding carboxylic acids is 2. The third-order valence-corrected chi connectivity index (χ3v) is 5.83. The number of carbonyl (C=O) groups is 2. The van der Waals surface area contributed by atoms with Crippen LogP contribution in [0, 0.1) is 13.8 Å². The molecule has 2 amide bonds. The largest absolute Gasteiger partial charge is 0.378 e. The summed E-state index contributed by atoms with van der Waals surface area (Å²) in [7, 11) is 4.02. The number of hydrogen-bond donors (Lipinski definition) is 3. The van der Waals surface area contributed by atoms with E-state index in [4.69, 9.17) is 4.74 Å². The highest BCUT2D eigenvalue weighted by Gasteiger charge is 2.28. The van der Waals surface area contributed by atoms with Crippen molar-refractivity contribution >= 4 is 23.2 Å². The molecule has 1 heterocycles. The number of ether oxygens (including phenoxy) is 1. The van der Waals surface area contributed by atoms with Crippen LogP contribution in [0.2, 0.25) is 0 Å². The van der Waals surface area contributed by atoms with Crippen LogP contribution in [0.25, 0.3) is 0 Å². The van der Waals surface area contributed by atoms with E-state index in [1.165, 1.54) is 4.90 Å². The predicted octanol–water partition coefficient (Wildman–Crippen LogP) is 1.08. The molecule has 3 N–H and O–H groups in total. The minimum atomic E-state index is -0.643. The quantitative estimate of drug-likeness (QED) is 0.606. The fourth-order valence-corrected chi connectivity index (χ4v) is 3.94. The molecule has 7 heteroatoms. The Labute approximate surface area is 184 Å². The molecule has 0 saturated carbocycles. The Balaban J connectivity index is 1.69. The predicted molar refractivity (Wildman–Crippen MR) is 123 cm³/mol. The van der Waals surface area contributed by atoms with Crippen LogP contribution in [0.4, 0.5) is 11.4 Å². The molecule has 1 aliphatic heterocycles. The first kappa shape index (κ1) is 22.8. The van der Waals surface area contributed by atoms with Gasteiger partial charge in [-0.2, -0.15) is 0 Å². The number of aryl methyl sites for hydroxylation is 2. The van der Waals surface area contributed by atoms with Crippen LogP contribution >= 0.6 is 0 Å². The van der Waals surface area contributed by atoms with Crippen molar-refractivity contribution in [2.24, 2.45) is 0 Å². The van der Waals surface area contributed by atoms with Crippen molar-refractivity contribution in [2.45, 2.75) is 19.9 Å². The number of anilines is 2. The van der Waals surface area contributed by atoms with Crippen molar-refractivity contribution < 1.29 is 19.2 Å². The van der Waals surface area contributed by atoms with E-state index in [-0.39, 0.29) is 6.04 Å². The topological polar surface area (TPSA) is 75.1 Å². The Morgan fingerprint density at radius 3 is 2.19 bits per heavy atom. The van der Waals surface area contributed by atoms with E-state index in [1.54, 1.807) is 0 Å². The molecular weight excluding hydrogens is 392 g/mol. The molecule has 7 nitrogen and oxygen atoms in total. The summed E-state index contributed by atoms with van der Waals surface area (Å²) in [4.78, 5) is 28.5. The summed E-state index contributed by atoms with van der Waals surface area (Å²) in [6.07, 6.45) is 0. The molecule has 0 radical (unpaired) electrons. The van der Waals surface area contributed by atoms with Gasteiger partial charge in [0, 0.05) is 31.0 Å². The molecule has 0 unspecified atom stereocenters. The Bertz CT molecular complexity index is 885. The van der Waals surface area contributed by atoms with Crippen molar-refractivity contribution in [3.05, 3.63) is 59.2 Å². The van der Waals surface area contributed by atoms with Crippen LogP contribution < -0.4 is 20.4 Å². The Morgan fingerprint density at radius 1 is 1.00 bits per heavy atom. The average molecular weight is 426 g/mol. The Hall–Kier alpha value is -2.90. The van der Waals surface area contributed by atoms with Crippen LogP contribution in [0.1, 0.15) is 22.7 Å². The van der Waals surface area contributed by atoms with Gasteiger partial charge in [0.1, 0.15) is 19.1 Å². The second-order valence-electron chi connectivity index (χ2n) is 8.24. The number of rotatable bonds is 6. The van der Waals surface area contributed by atoms with E-state index < -0.39 is 11.8 Å². The van der Waals surface area contributed by atoms with Gasteiger partial charge in [-0.05, 0) is 37.1 Å². The summed E-state index contributed by atoms with van der Waals surface area (Å²) < 4.78 is 5.51. The number of hydrogen-bond acceptors (Lipinski definition) is 4. The van der Waals surface area contributed by atoms with E-state index >= 15 is 0 Å². The van der Waals surface area contributed by atoms with Crippen LogP contribution in [0.3, 0.4) is 0 Å². The zero-order chi connectivity index (χ0) is 22.4. The first-order chi connectivity index (χ1) is 14.9. The lowest BCUT2D eigenvalue weighted by Crippen LogP contribution is -3.15. The van der Waals surface area contributed by atoms with Gasteiger partial charge in [0.15, 0.2) is 0 Å². The van der Waals surface area contributed by atoms with Gasteiger partial charge in [-0.3, -0.25) is 9.59 Å². The molecule has 166 valence electrons. The van der Waals surface area contributed by atoms with Crippen molar-refractivity contribution in [3.63, 3.8) is 0 Å². The molecule has 31 heavy (non-hydrogen) atoms. The van der Waals surface area contributed by atoms with Crippen molar-refractivity contribution in [1.29, 1.82) is 0 Å². The van der Waals surface area contributed by atoms with Gasteiger partial charge < -0.3 is 25.2 Å². The second-order valence-corrected chi connectivity index (χ2v) is 8.24. The molecule has 1 fully saturated rings. The standard InChI is InChI=1S/C24H32N4O3/c1-17-6-5-7-18(2)22(17)26-24(30)23(29)25-16-21(28-12-14-31-15-13-28)19-8-10-20(11-9-19)27(3)4/h5-11,21H,12-16H2,1-4H3,(H,25,29)(H,26,30)/p+1/t21-/m1/s1. The summed E-state index contributed by atoms with van der Waals surface area (Å²) in [6, 6.07) is 14.2. The van der Waals surface area contributed by atoms with E-state index in [2.05, 4.69) is 39.8 Å². The lowest BCUT2D eigenvalue weighted by Gasteiger charge is -2.32. The van der Waals surface area contributed by atoms with Gasteiger partial charge in [-0.25, -0.2) is 0 Å².